The van der Waals surface area contributed by atoms with Crippen molar-refractivity contribution < 1.29 is 14.7 Å². The maximum Gasteiger partial charge on any atom is 0.313 e. The van der Waals surface area contributed by atoms with Gasteiger partial charge in [0.2, 0.25) is 0 Å². The van der Waals surface area contributed by atoms with Gasteiger partial charge in [-0.3, -0.25) is 9.59 Å². The Morgan fingerprint density at radius 2 is 1.93 bits per heavy atom. The van der Waals surface area contributed by atoms with Crippen LogP contribution in [0.25, 0.3) is 10.9 Å². The molecule has 1 atom stereocenters. The third-order valence-corrected chi connectivity index (χ3v) is 4.64. The van der Waals surface area contributed by atoms with E-state index in [0.29, 0.717) is 16.3 Å². The number of hydrogen-bond donors (Lipinski definition) is 3. The number of nitrogens with zero attached hydrogens (tertiary/aromatic N) is 1. The predicted octanol–water partition coefficient (Wildman–Crippen LogP) is 2.93. The maximum atomic E-state index is 12.1. The Kier molecular flexibility index (Phi) is 5.48. The lowest BCUT2D eigenvalue weighted by Crippen LogP contribution is -2.37. The zero-order valence-corrected chi connectivity index (χ0v) is 15.7. The number of benzene rings is 2. The van der Waals surface area contributed by atoms with Crippen LogP contribution in [0.5, 0.6) is 0 Å². The Morgan fingerprint density at radius 3 is 2.70 bits per heavy atom. The van der Waals surface area contributed by atoms with E-state index < -0.39 is 17.9 Å². The number of anilines is 1. The molecule has 1 unspecified atom stereocenters. The number of halogens is 1. The van der Waals surface area contributed by atoms with Crippen LogP contribution in [0.1, 0.15) is 17.2 Å². The van der Waals surface area contributed by atoms with Crippen molar-refractivity contribution >= 4 is 40.0 Å². The highest BCUT2D eigenvalue weighted by Gasteiger charge is 2.17. The van der Waals surface area contributed by atoms with E-state index in [-0.39, 0.29) is 6.54 Å². The molecule has 2 aromatic carbocycles. The SMILES string of the molecule is Cc1ccc(Cl)cc1NC(=O)C(=O)NCC(O)c1ccc2c(ccn2C)c1. The lowest BCUT2D eigenvalue weighted by atomic mass is 10.1. The number of rotatable bonds is 4. The number of aryl methyl sites for hydroxylation is 2. The zero-order valence-electron chi connectivity index (χ0n) is 15.0. The fourth-order valence-electron chi connectivity index (χ4n) is 2.80. The van der Waals surface area contributed by atoms with Gasteiger partial charge in [-0.2, -0.15) is 0 Å². The topological polar surface area (TPSA) is 83.4 Å². The number of nitrogens with one attached hydrogen (secondary N) is 2. The molecule has 0 fully saturated rings. The van der Waals surface area contributed by atoms with Crippen molar-refractivity contribution in [3.63, 3.8) is 0 Å². The van der Waals surface area contributed by atoms with Crippen molar-refractivity contribution in [2.75, 3.05) is 11.9 Å². The Hall–Kier alpha value is -2.83. The van der Waals surface area contributed by atoms with Crippen LogP contribution in [-0.2, 0) is 16.6 Å². The first kappa shape index (κ1) is 18.9. The average Bonchev–Trinajstić information content (AvgIpc) is 3.02. The van der Waals surface area contributed by atoms with Crippen molar-refractivity contribution in [3.05, 3.63) is 64.8 Å². The molecule has 0 bridgehead atoms. The van der Waals surface area contributed by atoms with Crippen LogP contribution in [0.4, 0.5) is 5.69 Å². The molecule has 3 aromatic rings. The molecule has 1 aromatic heterocycles. The minimum atomic E-state index is -0.917. The number of fused-ring (bicyclic) bond motifs is 1. The van der Waals surface area contributed by atoms with E-state index in [2.05, 4.69) is 10.6 Å². The minimum absolute atomic E-state index is 0.0703. The van der Waals surface area contributed by atoms with Gasteiger partial charge in [0.1, 0.15) is 0 Å². The average molecular weight is 386 g/mol. The molecule has 0 saturated heterocycles. The molecule has 6 nitrogen and oxygen atoms in total. The van der Waals surface area contributed by atoms with E-state index in [4.69, 9.17) is 11.6 Å². The monoisotopic (exact) mass is 385 g/mol. The fraction of sp³-hybridized carbons (Fsp3) is 0.200. The van der Waals surface area contributed by atoms with Gasteiger partial charge in [0.15, 0.2) is 0 Å². The van der Waals surface area contributed by atoms with Crippen LogP contribution < -0.4 is 10.6 Å². The van der Waals surface area contributed by atoms with E-state index in [1.54, 1.807) is 31.2 Å². The molecule has 0 aliphatic heterocycles. The summed E-state index contributed by atoms with van der Waals surface area (Å²) in [6.07, 6.45) is 1.02. The van der Waals surface area contributed by atoms with E-state index in [0.717, 1.165) is 16.5 Å². The number of carbonyl (C=O) groups is 2. The molecule has 3 N–H and O–H groups in total. The summed E-state index contributed by atoms with van der Waals surface area (Å²) in [4.78, 5) is 24.1. The Balaban J connectivity index is 1.60. The summed E-state index contributed by atoms with van der Waals surface area (Å²) in [5.74, 6) is -1.64. The summed E-state index contributed by atoms with van der Waals surface area (Å²) in [5.41, 5.74) is 2.97. The van der Waals surface area contributed by atoms with E-state index >= 15 is 0 Å². The molecular weight excluding hydrogens is 366 g/mol. The molecule has 0 aliphatic rings. The Morgan fingerprint density at radius 1 is 1.15 bits per heavy atom. The van der Waals surface area contributed by atoms with Crippen LogP contribution in [0.2, 0.25) is 5.02 Å². The number of aromatic nitrogens is 1. The van der Waals surface area contributed by atoms with Crippen molar-refractivity contribution in [1.82, 2.24) is 9.88 Å². The van der Waals surface area contributed by atoms with Gasteiger partial charge in [0.05, 0.1) is 6.10 Å². The smallest absolute Gasteiger partial charge is 0.313 e. The molecule has 0 aliphatic carbocycles. The molecule has 7 heteroatoms. The van der Waals surface area contributed by atoms with Crippen LogP contribution in [0.15, 0.2) is 48.7 Å². The zero-order chi connectivity index (χ0) is 19.6. The second kappa shape index (κ2) is 7.82. The highest BCUT2D eigenvalue weighted by molar-refractivity contribution is 6.40. The van der Waals surface area contributed by atoms with Gasteiger partial charge >= 0.3 is 11.8 Å². The molecule has 27 heavy (non-hydrogen) atoms. The number of amides is 2. The molecule has 140 valence electrons. The van der Waals surface area contributed by atoms with E-state index in [1.807, 2.05) is 36.0 Å². The van der Waals surface area contributed by atoms with Gasteiger partial charge in [-0.15, -0.1) is 0 Å². The molecule has 0 saturated carbocycles. The van der Waals surface area contributed by atoms with Gasteiger partial charge < -0.3 is 20.3 Å². The standard InChI is InChI=1S/C20H20ClN3O3/c1-12-3-5-15(21)10-16(12)23-20(27)19(26)22-11-18(25)14-4-6-17-13(9-14)7-8-24(17)2/h3-10,18,25H,11H2,1-2H3,(H,22,26)(H,23,27). The first-order valence-electron chi connectivity index (χ1n) is 8.43. The first-order chi connectivity index (χ1) is 12.8. The lowest BCUT2D eigenvalue weighted by molar-refractivity contribution is -0.136. The molecule has 0 radical (unpaired) electrons. The Labute approximate surface area is 161 Å². The van der Waals surface area contributed by atoms with Gasteiger partial charge in [0.25, 0.3) is 0 Å². The summed E-state index contributed by atoms with van der Waals surface area (Å²) in [5, 5.41) is 16.7. The quantitative estimate of drug-likeness (QED) is 0.604. The third kappa shape index (κ3) is 4.30. The van der Waals surface area contributed by atoms with Crippen LogP contribution in [-0.4, -0.2) is 28.0 Å². The van der Waals surface area contributed by atoms with E-state index in [9.17, 15) is 14.7 Å². The van der Waals surface area contributed by atoms with Crippen molar-refractivity contribution in [3.8, 4) is 0 Å². The van der Waals surface area contributed by atoms with Gasteiger partial charge in [-0.05, 0) is 53.8 Å². The second-order valence-corrected chi connectivity index (χ2v) is 6.82. The molecule has 3 rings (SSSR count). The number of carbonyl (C=O) groups excluding carboxylic acids is 2. The number of aliphatic hydroxyl groups is 1. The summed E-state index contributed by atoms with van der Waals surface area (Å²) in [6.45, 7) is 1.73. The lowest BCUT2D eigenvalue weighted by Gasteiger charge is -2.13. The highest BCUT2D eigenvalue weighted by atomic mass is 35.5. The van der Waals surface area contributed by atoms with Crippen LogP contribution >= 0.6 is 11.6 Å². The second-order valence-electron chi connectivity index (χ2n) is 6.38. The largest absolute Gasteiger partial charge is 0.387 e. The highest BCUT2D eigenvalue weighted by Crippen LogP contribution is 2.21. The van der Waals surface area contributed by atoms with Gasteiger partial charge in [0, 0.05) is 36.0 Å². The third-order valence-electron chi connectivity index (χ3n) is 4.40. The van der Waals surface area contributed by atoms with Gasteiger partial charge in [-0.25, -0.2) is 0 Å². The maximum absolute atomic E-state index is 12.1. The number of aliphatic hydroxyl groups excluding tert-OH is 1. The molecule has 1 heterocycles. The number of hydrogen-bond acceptors (Lipinski definition) is 3. The summed E-state index contributed by atoms with van der Waals surface area (Å²) in [7, 11) is 1.94. The summed E-state index contributed by atoms with van der Waals surface area (Å²) >= 11 is 5.91. The Bertz CT molecular complexity index is 1010. The molecular formula is C20H20ClN3O3. The van der Waals surface area contributed by atoms with Crippen molar-refractivity contribution in [2.45, 2.75) is 13.0 Å². The van der Waals surface area contributed by atoms with Crippen LogP contribution in [0, 0.1) is 6.92 Å². The normalized spacial score (nSPS) is 12.0. The fourth-order valence-corrected chi connectivity index (χ4v) is 2.97. The van der Waals surface area contributed by atoms with Crippen molar-refractivity contribution in [1.29, 1.82) is 0 Å². The predicted molar refractivity (Wildman–Crippen MR) is 106 cm³/mol. The summed E-state index contributed by atoms with van der Waals surface area (Å²) in [6, 6.07) is 12.5. The van der Waals surface area contributed by atoms with Gasteiger partial charge in [-0.1, -0.05) is 23.7 Å². The molecule has 0 spiro atoms. The summed E-state index contributed by atoms with van der Waals surface area (Å²) < 4.78 is 1.98. The first-order valence-corrected chi connectivity index (χ1v) is 8.81. The van der Waals surface area contributed by atoms with Crippen LogP contribution in [0.3, 0.4) is 0 Å². The van der Waals surface area contributed by atoms with Crippen molar-refractivity contribution in [2.24, 2.45) is 7.05 Å². The van der Waals surface area contributed by atoms with E-state index in [1.165, 1.54) is 0 Å². The molecule has 2 amide bonds. The minimum Gasteiger partial charge on any atom is -0.387 e.